The average Bonchev–Trinajstić information content (AvgIpc) is 3.46. The fraction of sp³-hybridized carbons (Fsp3) is 0.323. The molecule has 42 heavy (non-hydrogen) atoms. The number of nitrogens with one attached hydrogen (secondary N) is 3. The number of piperazine rings is 1. The Kier molecular flexibility index (Phi) is 7.68. The van der Waals surface area contributed by atoms with Crippen molar-refractivity contribution in [3.63, 3.8) is 0 Å². The summed E-state index contributed by atoms with van der Waals surface area (Å²) in [5.41, 5.74) is 2.75. The van der Waals surface area contributed by atoms with Gasteiger partial charge in [0.15, 0.2) is 17.3 Å². The van der Waals surface area contributed by atoms with Gasteiger partial charge >= 0.3 is 0 Å². The van der Waals surface area contributed by atoms with Crippen molar-refractivity contribution in [2.75, 3.05) is 44.6 Å². The Morgan fingerprint density at radius 3 is 2.29 bits per heavy atom. The van der Waals surface area contributed by atoms with E-state index in [2.05, 4.69) is 25.8 Å². The molecule has 1 unspecified atom stereocenters. The second-order valence-electron chi connectivity index (χ2n) is 10.8. The molecule has 3 N–H and O–H groups in total. The molecule has 11 nitrogen and oxygen atoms in total. The Balaban J connectivity index is 0.933. The van der Waals surface area contributed by atoms with Gasteiger partial charge in [0.25, 0.3) is 5.91 Å². The summed E-state index contributed by atoms with van der Waals surface area (Å²) in [4.78, 5) is 66.2. The van der Waals surface area contributed by atoms with E-state index in [4.69, 9.17) is 4.42 Å². The summed E-state index contributed by atoms with van der Waals surface area (Å²) >= 11 is 0. The molecule has 1 aromatic heterocycles. The Morgan fingerprint density at radius 1 is 0.881 bits per heavy atom. The Morgan fingerprint density at radius 2 is 1.57 bits per heavy atom. The second kappa shape index (κ2) is 11.7. The van der Waals surface area contributed by atoms with Crippen molar-refractivity contribution < 1.29 is 28.4 Å². The monoisotopic (exact) mass is 569 g/mol. The number of piperidine rings is 1. The first-order valence-electron chi connectivity index (χ1n) is 14.1. The zero-order valence-corrected chi connectivity index (χ0v) is 23.0. The fourth-order valence-corrected chi connectivity index (χ4v) is 5.57. The molecule has 0 spiro atoms. The van der Waals surface area contributed by atoms with Crippen molar-refractivity contribution in [3.05, 3.63) is 88.4 Å². The minimum Gasteiger partial charge on any atom is -0.447 e. The van der Waals surface area contributed by atoms with Crippen LogP contribution in [0.25, 0.3) is 0 Å². The number of carbonyl (C=O) groups is 5. The predicted molar refractivity (Wildman–Crippen MR) is 152 cm³/mol. The van der Waals surface area contributed by atoms with Gasteiger partial charge in [-0.15, -0.1) is 0 Å². The number of carbonyl (C=O) groups excluding carboxylic acids is 5. The third kappa shape index (κ3) is 5.74. The topological polar surface area (TPSA) is 141 Å². The molecular weight excluding hydrogens is 538 g/mol. The van der Waals surface area contributed by atoms with E-state index in [1.165, 1.54) is 11.6 Å². The van der Waals surface area contributed by atoms with Crippen LogP contribution in [0.3, 0.4) is 0 Å². The molecule has 3 aromatic rings. The number of ketones is 2. The number of benzene rings is 2. The third-order valence-electron chi connectivity index (χ3n) is 7.94. The number of hydrogen-bond acceptors (Lipinski definition) is 9. The van der Waals surface area contributed by atoms with Crippen molar-refractivity contribution in [2.45, 2.75) is 25.4 Å². The van der Waals surface area contributed by atoms with Crippen molar-refractivity contribution in [3.8, 4) is 0 Å². The van der Waals surface area contributed by atoms with Gasteiger partial charge in [-0.1, -0.05) is 36.4 Å². The molecule has 0 radical (unpaired) electrons. The zero-order valence-electron chi connectivity index (χ0n) is 23.0. The lowest BCUT2D eigenvalue weighted by Gasteiger charge is -2.34. The molecule has 2 saturated heterocycles. The highest BCUT2D eigenvalue weighted by Crippen LogP contribution is 2.29. The van der Waals surface area contributed by atoms with Crippen LogP contribution in [-0.4, -0.2) is 84.4 Å². The minimum atomic E-state index is -0.455. The summed E-state index contributed by atoms with van der Waals surface area (Å²) in [6.07, 6.45) is 0.827. The smallest absolute Gasteiger partial charge is 0.287 e. The van der Waals surface area contributed by atoms with Crippen LogP contribution in [0.15, 0.2) is 59.0 Å². The predicted octanol–water partition coefficient (Wildman–Crippen LogP) is 1.82. The van der Waals surface area contributed by atoms with Gasteiger partial charge in [-0.2, -0.15) is 0 Å². The van der Waals surface area contributed by atoms with Crippen LogP contribution in [0.2, 0.25) is 0 Å². The molecule has 2 aromatic carbocycles. The largest absolute Gasteiger partial charge is 0.447 e. The number of rotatable bonds is 8. The maximum Gasteiger partial charge on any atom is 0.287 e. The average molecular weight is 570 g/mol. The van der Waals surface area contributed by atoms with Gasteiger partial charge in [0.1, 0.15) is 6.04 Å². The minimum absolute atomic E-state index is 0.0438. The van der Waals surface area contributed by atoms with Gasteiger partial charge in [0, 0.05) is 75.1 Å². The van der Waals surface area contributed by atoms with Crippen LogP contribution in [0.1, 0.15) is 61.0 Å². The van der Waals surface area contributed by atoms with Gasteiger partial charge in [0.2, 0.25) is 17.6 Å². The van der Waals surface area contributed by atoms with E-state index in [0.717, 1.165) is 38.4 Å². The number of furan rings is 1. The summed E-state index contributed by atoms with van der Waals surface area (Å²) < 4.78 is 5.54. The summed E-state index contributed by atoms with van der Waals surface area (Å²) in [6, 6.07) is 15.5. The molecule has 3 amide bonds. The van der Waals surface area contributed by atoms with Crippen LogP contribution in [0, 0.1) is 0 Å². The molecule has 1 aliphatic carbocycles. The molecule has 216 valence electrons. The van der Waals surface area contributed by atoms with E-state index < -0.39 is 17.7 Å². The van der Waals surface area contributed by atoms with Crippen molar-refractivity contribution in [2.24, 2.45) is 0 Å². The highest BCUT2D eigenvalue weighted by Gasteiger charge is 2.34. The number of anilines is 1. The maximum absolute atomic E-state index is 12.8. The lowest BCUT2D eigenvalue weighted by atomic mass is 9.89. The van der Waals surface area contributed by atoms with Gasteiger partial charge in [-0.05, 0) is 24.1 Å². The molecule has 3 aliphatic rings. The molecular formula is C31H31N5O6. The summed E-state index contributed by atoms with van der Waals surface area (Å²) in [5, 5.41) is 8.40. The molecule has 6 rings (SSSR count). The SMILES string of the molecule is O=C1CCC(Nc2ccc(CN3CCN(CCNC(=O)c4cc5c(o4)C(=O)c4ccccc4C5=O)CC3)cc2)C(=O)N1. The van der Waals surface area contributed by atoms with E-state index in [1.807, 2.05) is 24.3 Å². The Bertz CT molecular complexity index is 1500. The zero-order chi connectivity index (χ0) is 29.2. The second-order valence-corrected chi connectivity index (χ2v) is 10.8. The van der Waals surface area contributed by atoms with Crippen LogP contribution in [0.4, 0.5) is 5.69 Å². The van der Waals surface area contributed by atoms with Crippen molar-refractivity contribution >= 4 is 35.0 Å². The molecule has 0 bridgehead atoms. The van der Waals surface area contributed by atoms with E-state index in [9.17, 15) is 24.0 Å². The molecule has 2 aliphatic heterocycles. The molecule has 2 fully saturated rings. The van der Waals surface area contributed by atoms with E-state index in [1.54, 1.807) is 24.3 Å². The fourth-order valence-electron chi connectivity index (χ4n) is 5.57. The van der Waals surface area contributed by atoms with Crippen molar-refractivity contribution in [1.82, 2.24) is 20.4 Å². The summed E-state index contributed by atoms with van der Waals surface area (Å²) in [6.45, 7) is 5.40. The first-order chi connectivity index (χ1) is 20.4. The first kappa shape index (κ1) is 27.6. The Labute approximate surface area is 242 Å². The molecule has 0 saturated carbocycles. The number of amides is 3. The summed E-state index contributed by atoms with van der Waals surface area (Å²) in [7, 11) is 0. The standard InChI is InChI=1S/C31H31N5O6/c37-26-10-9-24(30(40)34-26)33-20-7-5-19(6-8-20)18-36-15-13-35(14-16-36)12-11-32-31(41)25-17-23-27(38)21-3-1-2-4-22(21)28(39)29(23)42-25/h1-8,17,24,33H,9-16,18H2,(H,32,41)(H,34,37,40). The third-order valence-corrected chi connectivity index (χ3v) is 7.94. The normalized spacial score (nSPS) is 19.2. The molecule has 11 heteroatoms. The van der Waals surface area contributed by atoms with E-state index >= 15 is 0 Å². The number of nitrogens with zero attached hydrogens (tertiary/aromatic N) is 2. The molecule has 1 atom stereocenters. The van der Waals surface area contributed by atoms with E-state index in [-0.39, 0.29) is 40.2 Å². The first-order valence-corrected chi connectivity index (χ1v) is 14.1. The Hall–Kier alpha value is -4.61. The van der Waals surface area contributed by atoms with Crippen LogP contribution >= 0.6 is 0 Å². The van der Waals surface area contributed by atoms with Gasteiger partial charge in [-0.25, -0.2) is 0 Å². The van der Waals surface area contributed by atoms with Gasteiger partial charge in [-0.3, -0.25) is 39.1 Å². The summed E-state index contributed by atoms with van der Waals surface area (Å²) in [5.74, 6) is -1.81. The quantitative estimate of drug-likeness (QED) is 0.271. The maximum atomic E-state index is 12.8. The number of imide groups is 1. The van der Waals surface area contributed by atoms with Crippen LogP contribution in [0.5, 0.6) is 0 Å². The highest BCUT2D eigenvalue weighted by molar-refractivity contribution is 6.27. The van der Waals surface area contributed by atoms with E-state index in [0.29, 0.717) is 31.5 Å². The van der Waals surface area contributed by atoms with Gasteiger partial charge < -0.3 is 15.1 Å². The number of hydrogen-bond donors (Lipinski definition) is 3. The van der Waals surface area contributed by atoms with Gasteiger partial charge in [0.05, 0.1) is 5.56 Å². The number of fused-ring (bicyclic) bond motifs is 2. The van der Waals surface area contributed by atoms with Crippen LogP contribution in [-0.2, 0) is 16.1 Å². The molecule has 3 heterocycles. The lowest BCUT2D eigenvalue weighted by molar-refractivity contribution is -0.133. The highest BCUT2D eigenvalue weighted by atomic mass is 16.4. The van der Waals surface area contributed by atoms with Crippen molar-refractivity contribution in [1.29, 1.82) is 0 Å². The lowest BCUT2D eigenvalue weighted by Crippen LogP contribution is -2.48. The van der Waals surface area contributed by atoms with Crippen LogP contribution < -0.4 is 16.0 Å².